The molecule has 2 aromatic rings. The number of hydrogen-bond donors (Lipinski definition) is 3. The minimum atomic E-state index is -1.23. The second-order valence-corrected chi connectivity index (χ2v) is 8.37. The molecule has 3 rings (SSSR count). The highest BCUT2D eigenvalue weighted by Gasteiger charge is 2.49. The van der Waals surface area contributed by atoms with Gasteiger partial charge in [-0.15, -0.1) is 0 Å². The van der Waals surface area contributed by atoms with Crippen LogP contribution in [-0.2, 0) is 20.5 Å². The molecule has 3 N–H and O–H groups in total. The molecule has 2 aromatic carbocycles. The van der Waals surface area contributed by atoms with Gasteiger partial charge in [0.1, 0.15) is 17.8 Å². The van der Waals surface area contributed by atoms with Crippen molar-refractivity contribution in [1.29, 1.82) is 0 Å². The number of anilines is 1. The number of hydrogen-bond acceptors (Lipinski definition) is 4. The van der Waals surface area contributed by atoms with E-state index >= 15 is 0 Å². The summed E-state index contributed by atoms with van der Waals surface area (Å²) in [5, 5.41) is 14.6. The molecular weight excluding hydrogens is 370 g/mol. The molecule has 7 nitrogen and oxygen atoms in total. The number of imide groups is 1. The molecule has 1 heterocycles. The molecule has 0 radical (unpaired) electrons. The molecule has 4 amide bonds. The maximum atomic E-state index is 13.0. The predicted molar refractivity (Wildman–Crippen MR) is 109 cm³/mol. The number of nitrogens with one attached hydrogen (secondary N) is 2. The SMILES string of the molecule is CC(C)(C)c1ccc(C2(C)NC(=O)N(CC(=O)Nc3ccc(O)cc3)C2=O)cc1. The van der Waals surface area contributed by atoms with Gasteiger partial charge in [0.2, 0.25) is 5.91 Å². The fraction of sp³-hybridized carbons (Fsp3) is 0.318. The lowest BCUT2D eigenvalue weighted by Crippen LogP contribution is -2.42. The van der Waals surface area contributed by atoms with Crippen LogP contribution in [0, 0.1) is 0 Å². The van der Waals surface area contributed by atoms with Crippen LogP contribution in [0.25, 0.3) is 0 Å². The molecule has 29 heavy (non-hydrogen) atoms. The molecule has 7 heteroatoms. The van der Waals surface area contributed by atoms with Crippen molar-refractivity contribution in [2.24, 2.45) is 0 Å². The highest BCUT2D eigenvalue weighted by molar-refractivity contribution is 6.10. The van der Waals surface area contributed by atoms with E-state index in [4.69, 9.17) is 0 Å². The van der Waals surface area contributed by atoms with Gasteiger partial charge in [0.25, 0.3) is 5.91 Å². The molecular formula is C22H25N3O4. The molecule has 152 valence electrons. The molecule has 0 bridgehead atoms. The third-order valence-electron chi connectivity index (χ3n) is 5.06. The number of aromatic hydroxyl groups is 1. The fourth-order valence-corrected chi connectivity index (χ4v) is 3.23. The minimum absolute atomic E-state index is 0.0271. The van der Waals surface area contributed by atoms with Crippen LogP contribution in [0.1, 0.15) is 38.8 Å². The lowest BCUT2D eigenvalue weighted by Gasteiger charge is -2.24. The Morgan fingerprint density at radius 1 is 1.07 bits per heavy atom. The highest BCUT2D eigenvalue weighted by Crippen LogP contribution is 2.31. The number of phenols is 1. The topological polar surface area (TPSA) is 98.7 Å². The van der Waals surface area contributed by atoms with Gasteiger partial charge in [0.15, 0.2) is 0 Å². The zero-order valence-corrected chi connectivity index (χ0v) is 16.9. The molecule has 1 saturated heterocycles. The standard InChI is InChI=1S/C22H25N3O4/c1-21(2,3)14-5-7-15(8-6-14)22(4)19(28)25(20(29)24-22)13-18(27)23-16-9-11-17(26)12-10-16/h5-12,26H,13H2,1-4H3,(H,23,27)(H,24,29). The van der Waals surface area contributed by atoms with Crippen LogP contribution in [0.15, 0.2) is 48.5 Å². The normalized spacial score (nSPS) is 19.2. The average Bonchev–Trinajstić information content (AvgIpc) is 2.87. The Kier molecular flexibility index (Phi) is 5.09. The molecule has 1 aliphatic heterocycles. The molecule has 0 aliphatic carbocycles. The van der Waals surface area contributed by atoms with E-state index in [1.54, 1.807) is 6.92 Å². The summed E-state index contributed by atoms with van der Waals surface area (Å²) in [6.45, 7) is 7.53. The first-order valence-corrected chi connectivity index (χ1v) is 9.35. The summed E-state index contributed by atoms with van der Waals surface area (Å²) in [5.41, 5.74) is 0.977. The molecule has 0 aromatic heterocycles. The molecule has 1 aliphatic rings. The van der Waals surface area contributed by atoms with E-state index in [0.717, 1.165) is 10.5 Å². The Hall–Kier alpha value is -3.35. The fourth-order valence-electron chi connectivity index (χ4n) is 3.23. The summed E-state index contributed by atoms with van der Waals surface area (Å²) in [4.78, 5) is 38.6. The summed E-state index contributed by atoms with van der Waals surface area (Å²) < 4.78 is 0. The van der Waals surface area contributed by atoms with Gasteiger partial charge in [-0.25, -0.2) is 4.79 Å². The van der Waals surface area contributed by atoms with Gasteiger partial charge in [-0.3, -0.25) is 14.5 Å². The Bertz CT molecular complexity index is 946. The smallest absolute Gasteiger partial charge is 0.325 e. The van der Waals surface area contributed by atoms with Crippen LogP contribution in [0.4, 0.5) is 10.5 Å². The largest absolute Gasteiger partial charge is 0.508 e. The maximum absolute atomic E-state index is 13.0. The van der Waals surface area contributed by atoms with Gasteiger partial charge in [-0.2, -0.15) is 0 Å². The van der Waals surface area contributed by atoms with Crippen LogP contribution in [0.3, 0.4) is 0 Å². The van der Waals surface area contributed by atoms with Crippen molar-refractivity contribution < 1.29 is 19.5 Å². The second kappa shape index (κ2) is 7.24. The predicted octanol–water partition coefficient (Wildman–Crippen LogP) is 3.10. The van der Waals surface area contributed by atoms with Gasteiger partial charge in [0.05, 0.1) is 0 Å². The van der Waals surface area contributed by atoms with E-state index in [0.29, 0.717) is 11.3 Å². The lowest BCUT2D eigenvalue weighted by molar-refractivity contribution is -0.133. The summed E-state index contributed by atoms with van der Waals surface area (Å²) in [7, 11) is 0. The first-order valence-electron chi connectivity index (χ1n) is 9.35. The number of carbonyl (C=O) groups excluding carboxylic acids is 3. The van der Waals surface area contributed by atoms with Gasteiger partial charge >= 0.3 is 6.03 Å². The van der Waals surface area contributed by atoms with Crippen molar-refractivity contribution in [3.05, 3.63) is 59.7 Å². The first-order chi connectivity index (χ1) is 13.5. The van der Waals surface area contributed by atoms with Gasteiger partial charge < -0.3 is 15.7 Å². The van der Waals surface area contributed by atoms with E-state index in [9.17, 15) is 19.5 Å². The second-order valence-electron chi connectivity index (χ2n) is 8.37. The third kappa shape index (κ3) is 4.08. The van der Waals surface area contributed by atoms with Crippen LogP contribution in [-0.4, -0.2) is 34.4 Å². The summed E-state index contributed by atoms with van der Waals surface area (Å²) >= 11 is 0. The maximum Gasteiger partial charge on any atom is 0.325 e. The Morgan fingerprint density at radius 2 is 1.66 bits per heavy atom. The first kappa shape index (κ1) is 20.4. The zero-order chi connectivity index (χ0) is 21.4. The molecule has 0 spiro atoms. The van der Waals surface area contributed by atoms with E-state index in [1.807, 2.05) is 24.3 Å². The molecule has 0 saturated carbocycles. The average molecular weight is 395 g/mol. The van der Waals surface area contributed by atoms with Crippen molar-refractivity contribution in [3.63, 3.8) is 0 Å². The monoisotopic (exact) mass is 395 g/mol. The van der Waals surface area contributed by atoms with Crippen molar-refractivity contribution in [3.8, 4) is 5.75 Å². The molecule has 1 fully saturated rings. The van der Waals surface area contributed by atoms with E-state index in [-0.39, 0.29) is 11.2 Å². The minimum Gasteiger partial charge on any atom is -0.508 e. The Labute approximate surface area is 169 Å². The highest BCUT2D eigenvalue weighted by atomic mass is 16.3. The number of phenolic OH excluding ortho intramolecular Hbond substituents is 1. The summed E-state index contributed by atoms with van der Waals surface area (Å²) in [6.07, 6.45) is 0. The molecule has 1 atom stereocenters. The number of amides is 4. The lowest BCUT2D eigenvalue weighted by atomic mass is 9.84. The summed E-state index contributed by atoms with van der Waals surface area (Å²) in [6, 6.07) is 12.9. The number of rotatable bonds is 4. The Balaban J connectivity index is 1.74. The van der Waals surface area contributed by atoms with Crippen molar-refractivity contribution in [1.82, 2.24) is 10.2 Å². The number of nitrogens with zero attached hydrogens (tertiary/aromatic N) is 1. The van der Waals surface area contributed by atoms with Crippen molar-refractivity contribution in [2.75, 3.05) is 11.9 Å². The van der Waals surface area contributed by atoms with Crippen LogP contribution >= 0.6 is 0 Å². The van der Waals surface area contributed by atoms with E-state index in [1.165, 1.54) is 24.3 Å². The van der Waals surface area contributed by atoms with Gasteiger partial charge in [-0.05, 0) is 47.7 Å². The van der Waals surface area contributed by atoms with Gasteiger partial charge in [0, 0.05) is 5.69 Å². The van der Waals surface area contributed by atoms with Crippen molar-refractivity contribution in [2.45, 2.75) is 38.6 Å². The van der Waals surface area contributed by atoms with Crippen LogP contribution in [0.5, 0.6) is 5.75 Å². The van der Waals surface area contributed by atoms with Gasteiger partial charge in [-0.1, -0.05) is 45.0 Å². The Morgan fingerprint density at radius 3 is 2.21 bits per heavy atom. The van der Waals surface area contributed by atoms with Crippen LogP contribution < -0.4 is 10.6 Å². The van der Waals surface area contributed by atoms with Crippen molar-refractivity contribution >= 4 is 23.5 Å². The van der Waals surface area contributed by atoms with E-state index in [2.05, 4.69) is 31.4 Å². The zero-order valence-electron chi connectivity index (χ0n) is 16.9. The quantitative estimate of drug-likeness (QED) is 0.547. The number of urea groups is 1. The summed E-state index contributed by atoms with van der Waals surface area (Å²) in [5.74, 6) is -0.913. The number of carbonyl (C=O) groups is 3. The van der Waals surface area contributed by atoms with Crippen LogP contribution in [0.2, 0.25) is 0 Å². The van der Waals surface area contributed by atoms with E-state index < -0.39 is 29.9 Å². The molecule has 1 unspecified atom stereocenters. The number of benzene rings is 2. The third-order valence-corrected chi connectivity index (χ3v) is 5.06.